The highest BCUT2D eigenvalue weighted by molar-refractivity contribution is 6.00. The normalized spacial score (nSPS) is 17.5. The number of carbonyl (C=O) groups excluding carboxylic acids is 2. The van der Waals surface area contributed by atoms with E-state index in [2.05, 4.69) is 5.32 Å². The molecule has 1 fully saturated rings. The van der Waals surface area contributed by atoms with Crippen LogP contribution in [0.1, 0.15) is 35.6 Å². The van der Waals surface area contributed by atoms with Gasteiger partial charge in [-0.05, 0) is 50.1 Å². The number of nitrogens with zero attached hydrogens (tertiary/aromatic N) is 1. The summed E-state index contributed by atoms with van der Waals surface area (Å²) in [5.41, 5.74) is 4.11. The average Bonchev–Trinajstić information content (AvgIpc) is 2.89. The first kappa shape index (κ1) is 25.1. The highest BCUT2D eigenvalue weighted by atomic mass is 16.5. The van der Waals surface area contributed by atoms with Crippen molar-refractivity contribution in [3.05, 3.63) is 77.4 Å². The smallest absolute Gasteiger partial charge is 0.229 e. The van der Waals surface area contributed by atoms with Gasteiger partial charge in [-0.25, -0.2) is 0 Å². The summed E-state index contributed by atoms with van der Waals surface area (Å²) in [6, 6.07) is 18.4. The monoisotopic (exact) mass is 488 g/mol. The van der Waals surface area contributed by atoms with Gasteiger partial charge < -0.3 is 24.4 Å². The lowest BCUT2D eigenvalue weighted by Gasteiger charge is -2.41. The summed E-state index contributed by atoms with van der Waals surface area (Å²) in [6.07, 6.45) is 0.685. The van der Waals surface area contributed by atoms with Gasteiger partial charge in [-0.3, -0.25) is 9.59 Å². The zero-order valence-electron chi connectivity index (χ0n) is 21.3. The van der Waals surface area contributed by atoms with Crippen LogP contribution in [0.25, 0.3) is 0 Å². The number of hydrogen-bond donors (Lipinski definition) is 1. The average molecular weight is 489 g/mol. The van der Waals surface area contributed by atoms with Crippen molar-refractivity contribution in [1.82, 2.24) is 0 Å². The van der Waals surface area contributed by atoms with Crippen LogP contribution in [0, 0.1) is 19.8 Å². The van der Waals surface area contributed by atoms with Gasteiger partial charge in [0.1, 0.15) is 5.75 Å². The van der Waals surface area contributed by atoms with Crippen LogP contribution >= 0.6 is 0 Å². The SMILES string of the molecule is COc1cc(C)c(NC(=O)[C@@H]2CCC(=O)N(c3ccc(C)cc3)[C@H]2c2ccccc2OC)cc1OC. The van der Waals surface area contributed by atoms with Crippen LogP contribution in [0.5, 0.6) is 17.2 Å². The quantitative estimate of drug-likeness (QED) is 0.478. The van der Waals surface area contributed by atoms with Crippen molar-refractivity contribution in [3.8, 4) is 17.2 Å². The summed E-state index contributed by atoms with van der Waals surface area (Å²) >= 11 is 0. The molecule has 0 aromatic heterocycles. The summed E-state index contributed by atoms with van der Waals surface area (Å²) < 4.78 is 16.5. The maximum Gasteiger partial charge on any atom is 0.229 e. The number of hydrogen-bond acceptors (Lipinski definition) is 5. The van der Waals surface area contributed by atoms with Crippen molar-refractivity contribution in [2.75, 3.05) is 31.5 Å². The van der Waals surface area contributed by atoms with Crippen LogP contribution in [-0.2, 0) is 9.59 Å². The molecule has 3 aromatic carbocycles. The van der Waals surface area contributed by atoms with Crippen molar-refractivity contribution in [2.24, 2.45) is 5.92 Å². The molecule has 0 bridgehead atoms. The number of amides is 2. The highest BCUT2D eigenvalue weighted by Crippen LogP contribution is 2.44. The first-order chi connectivity index (χ1) is 17.4. The zero-order valence-corrected chi connectivity index (χ0v) is 21.3. The maximum atomic E-state index is 13.8. The number of carbonyl (C=O) groups is 2. The van der Waals surface area contributed by atoms with Gasteiger partial charge in [-0.2, -0.15) is 0 Å². The van der Waals surface area contributed by atoms with Crippen molar-refractivity contribution >= 4 is 23.2 Å². The lowest BCUT2D eigenvalue weighted by molar-refractivity contribution is -0.126. The Labute approximate surface area is 212 Å². The number of aryl methyl sites for hydroxylation is 2. The molecule has 188 valence electrons. The third-order valence-electron chi connectivity index (χ3n) is 6.69. The number of benzene rings is 3. The highest BCUT2D eigenvalue weighted by Gasteiger charge is 2.42. The van der Waals surface area contributed by atoms with Crippen LogP contribution in [-0.4, -0.2) is 33.1 Å². The van der Waals surface area contributed by atoms with Crippen molar-refractivity contribution in [2.45, 2.75) is 32.7 Å². The largest absolute Gasteiger partial charge is 0.496 e. The number of ether oxygens (including phenoxy) is 3. The van der Waals surface area contributed by atoms with E-state index in [4.69, 9.17) is 14.2 Å². The number of rotatable bonds is 7. The number of para-hydroxylation sites is 1. The van der Waals surface area contributed by atoms with E-state index in [1.54, 1.807) is 32.3 Å². The van der Waals surface area contributed by atoms with Gasteiger partial charge in [0.15, 0.2) is 11.5 Å². The van der Waals surface area contributed by atoms with E-state index in [0.717, 1.165) is 22.4 Å². The van der Waals surface area contributed by atoms with Gasteiger partial charge >= 0.3 is 0 Å². The Kier molecular flexibility index (Phi) is 7.48. The fourth-order valence-corrected chi connectivity index (χ4v) is 4.78. The molecule has 0 unspecified atom stereocenters. The zero-order chi connectivity index (χ0) is 25.8. The third kappa shape index (κ3) is 4.87. The third-order valence-corrected chi connectivity index (χ3v) is 6.69. The summed E-state index contributed by atoms with van der Waals surface area (Å²) in [6.45, 7) is 3.90. The van der Waals surface area contributed by atoms with Crippen LogP contribution < -0.4 is 24.4 Å². The Hall–Kier alpha value is -4.00. The van der Waals surface area contributed by atoms with Crippen LogP contribution in [0.15, 0.2) is 60.7 Å². The molecule has 2 atom stereocenters. The molecule has 7 heteroatoms. The maximum absolute atomic E-state index is 13.8. The van der Waals surface area contributed by atoms with Gasteiger partial charge in [0, 0.05) is 29.4 Å². The molecule has 4 rings (SSSR count). The Morgan fingerprint density at radius 1 is 0.889 bits per heavy atom. The fraction of sp³-hybridized carbons (Fsp3) is 0.310. The second-order valence-corrected chi connectivity index (χ2v) is 8.94. The van der Waals surface area contributed by atoms with E-state index in [-0.39, 0.29) is 18.2 Å². The lowest BCUT2D eigenvalue weighted by Crippen LogP contribution is -2.47. The molecule has 0 spiro atoms. The topological polar surface area (TPSA) is 77.1 Å². The molecular weight excluding hydrogens is 456 g/mol. The summed E-state index contributed by atoms with van der Waals surface area (Å²) in [7, 11) is 4.73. The Bertz CT molecular complexity index is 1260. The molecule has 0 radical (unpaired) electrons. The molecule has 36 heavy (non-hydrogen) atoms. The predicted octanol–water partition coefficient (Wildman–Crippen LogP) is 5.45. The van der Waals surface area contributed by atoms with Crippen molar-refractivity contribution in [1.29, 1.82) is 0 Å². The predicted molar refractivity (Wildman–Crippen MR) is 140 cm³/mol. The molecule has 7 nitrogen and oxygen atoms in total. The summed E-state index contributed by atoms with van der Waals surface area (Å²) in [5.74, 6) is 1.04. The van der Waals surface area contributed by atoms with E-state index in [1.807, 2.05) is 68.4 Å². The standard InChI is InChI=1S/C29H32N2O5/c1-18-10-12-20(13-11-18)31-27(32)15-14-22(28(31)21-8-6-7-9-24(21)34-3)29(33)30-23-17-26(36-5)25(35-4)16-19(23)2/h6-13,16-17,22,28H,14-15H2,1-5H3,(H,30,33)/t22-,28+/m1/s1. The summed E-state index contributed by atoms with van der Waals surface area (Å²) in [4.78, 5) is 28.9. The Morgan fingerprint density at radius 2 is 1.53 bits per heavy atom. The second kappa shape index (κ2) is 10.7. The minimum Gasteiger partial charge on any atom is -0.496 e. The van der Waals surface area contributed by atoms with Gasteiger partial charge in [0.2, 0.25) is 11.8 Å². The lowest BCUT2D eigenvalue weighted by atomic mass is 9.82. The van der Waals surface area contributed by atoms with E-state index < -0.39 is 12.0 Å². The summed E-state index contributed by atoms with van der Waals surface area (Å²) in [5, 5.41) is 3.09. The molecule has 1 aliphatic heterocycles. The molecule has 1 saturated heterocycles. The molecule has 1 aliphatic rings. The second-order valence-electron chi connectivity index (χ2n) is 8.94. The van der Waals surface area contributed by atoms with Gasteiger partial charge in [0.25, 0.3) is 0 Å². The van der Waals surface area contributed by atoms with Crippen LogP contribution in [0.2, 0.25) is 0 Å². The number of piperidine rings is 1. The van der Waals surface area contributed by atoms with E-state index >= 15 is 0 Å². The van der Waals surface area contributed by atoms with Crippen LogP contribution in [0.3, 0.4) is 0 Å². The minimum atomic E-state index is -0.537. The van der Waals surface area contributed by atoms with Crippen LogP contribution in [0.4, 0.5) is 11.4 Å². The van der Waals surface area contributed by atoms with Crippen molar-refractivity contribution in [3.63, 3.8) is 0 Å². The first-order valence-electron chi connectivity index (χ1n) is 11.9. The number of methoxy groups -OCH3 is 3. The molecule has 2 amide bonds. The molecule has 1 heterocycles. The van der Waals surface area contributed by atoms with E-state index in [0.29, 0.717) is 29.4 Å². The van der Waals surface area contributed by atoms with Crippen molar-refractivity contribution < 1.29 is 23.8 Å². The molecule has 3 aromatic rings. The first-order valence-corrected chi connectivity index (χ1v) is 11.9. The molecule has 0 aliphatic carbocycles. The minimum absolute atomic E-state index is 0.0268. The van der Waals surface area contributed by atoms with Gasteiger partial charge in [-0.15, -0.1) is 0 Å². The Morgan fingerprint density at radius 3 is 2.19 bits per heavy atom. The molecular formula is C29H32N2O5. The fourth-order valence-electron chi connectivity index (χ4n) is 4.78. The van der Waals surface area contributed by atoms with Gasteiger partial charge in [-0.1, -0.05) is 35.9 Å². The van der Waals surface area contributed by atoms with E-state index in [1.165, 1.54) is 0 Å². The van der Waals surface area contributed by atoms with Gasteiger partial charge in [0.05, 0.1) is 33.3 Å². The van der Waals surface area contributed by atoms with E-state index in [9.17, 15) is 9.59 Å². The number of anilines is 2. The molecule has 0 saturated carbocycles. The number of nitrogens with one attached hydrogen (secondary N) is 1. The Balaban J connectivity index is 1.77. The molecule has 1 N–H and O–H groups in total.